The highest BCUT2D eigenvalue weighted by Crippen LogP contribution is 2.31. The van der Waals surface area contributed by atoms with Crippen LogP contribution >= 0.6 is 11.6 Å². The number of hydrogen-bond acceptors (Lipinski definition) is 3. The Morgan fingerprint density at radius 1 is 1.25 bits per heavy atom. The van der Waals surface area contributed by atoms with Crippen molar-refractivity contribution in [3.63, 3.8) is 0 Å². The van der Waals surface area contributed by atoms with Gasteiger partial charge in [0.1, 0.15) is 0 Å². The molecule has 1 aliphatic rings. The molecule has 1 N–H and O–H groups in total. The summed E-state index contributed by atoms with van der Waals surface area (Å²) in [7, 11) is 0. The van der Waals surface area contributed by atoms with Gasteiger partial charge in [-0.15, -0.1) is 0 Å². The van der Waals surface area contributed by atoms with E-state index in [2.05, 4.69) is 5.32 Å². The zero-order valence-corrected chi connectivity index (χ0v) is 12.1. The number of aliphatic carboxylic acids is 1. The zero-order chi connectivity index (χ0) is 14.7. The molecular weight excluding hydrogens is 278 g/mol. The van der Waals surface area contributed by atoms with E-state index < -0.39 is 17.8 Å². The summed E-state index contributed by atoms with van der Waals surface area (Å²) in [5, 5.41) is 14.5. The molecule has 1 amide bonds. The summed E-state index contributed by atoms with van der Waals surface area (Å²) < 4.78 is 0. The topological polar surface area (TPSA) is 69.2 Å². The molecule has 20 heavy (non-hydrogen) atoms. The molecule has 0 heterocycles. The van der Waals surface area contributed by atoms with Crippen LogP contribution in [0.1, 0.15) is 31.2 Å². The second-order valence-electron chi connectivity index (χ2n) is 5.22. The van der Waals surface area contributed by atoms with E-state index in [0.717, 1.165) is 18.4 Å². The van der Waals surface area contributed by atoms with Crippen molar-refractivity contribution in [2.75, 3.05) is 5.32 Å². The third kappa shape index (κ3) is 3.12. The molecule has 4 nitrogen and oxygen atoms in total. The summed E-state index contributed by atoms with van der Waals surface area (Å²) in [5.74, 6) is -2.60. The maximum absolute atomic E-state index is 12.3. The van der Waals surface area contributed by atoms with Gasteiger partial charge >= 0.3 is 0 Å². The minimum absolute atomic E-state index is 0.260. The van der Waals surface area contributed by atoms with Crippen LogP contribution in [0.5, 0.6) is 0 Å². The molecule has 0 aliphatic heterocycles. The van der Waals surface area contributed by atoms with E-state index in [9.17, 15) is 14.7 Å². The first-order chi connectivity index (χ1) is 9.50. The van der Waals surface area contributed by atoms with E-state index in [0.29, 0.717) is 23.6 Å². The number of carboxylic acids is 1. The summed E-state index contributed by atoms with van der Waals surface area (Å²) >= 11 is 6.01. The molecule has 1 aromatic rings. The van der Waals surface area contributed by atoms with Crippen molar-refractivity contribution in [1.29, 1.82) is 0 Å². The van der Waals surface area contributed by atoms with Crippen LogP contribution in [0, 0.1) is 18.8 Å². The molecule has 2 rings (SSSR count). The van der Waals surface area contributed by atoms with Gasteiger partial charge in [-0.2, -0.15) is 0 Å². The second-order valence-corrected chi connectivity index (χ2v) is 5.63. The molecule has 0 aromatic heterocycles. The van der Waals surface area contributed by atoms with Crippen LogP contribution in [0.4, 0.5) is 5.69 Å². The molecule has 0 unspecified atom stereocenters. The molecule has 108 valence electrons. The standard InChI is InChI=1S/C15H18ClNO3/c1-9-12(16)7-4-8-13(9)17-14(18)10-5-2-3-6-11(10)15(19)20/h4,7-8,10-11H,2-3,5-6H2,1H3,(H,17,18)(H,19,20)/p-1/t10-,11-/m0/s1. The van der Waals surface area contributed by atoms with Gasteiger partial charge in [0.2, 0.25) is 5.91 Å². The average Bonchev–Trinajstić information content (AvgIpc) is 2.43. The van der Waals surface area contributed by atoms with Crippen LogP contribution in [0.25, 0.3) is 0 Å². The Hall–Kier alpha value is -1.55. The summed E-state index contributed by atoms with van der Waals surface area (Å²) in [4.78, 5) is 23.4. The molecule has 5 heteroatoms. The van der Waals surface area contributed by atoms with Gasteiger partial charge in [-0.25, -0.2) is 0 Å². The van der Waals surface area contributed by atoms with Crippen LogP contribution in [-0.4, -0.2) is 11.9 Å². The monoisotopic (exact) mass is 294 g/mol. The highest BCUT2D eigenvalue weighted by atomic mass is 35.5. The van der Waals surface area contributed by atoms with Gasteiger partial charge in [0.05, 0.1) is 0 Å². The SMILES string of the molecule is Cc1c(Cl)cccc1NC(=O)[C@H]1CCCC[C@@H]1C(=O)[O-]. The Bertz CT molecular complexity index is 530. The van der Waals surface area contributed by atoms with Crippen LogP contribution in [-0.2, 0) is 9.59 Å². The maximum Gasteiger partial charge on any atom is 0.228 e. The number of carboxylic acid groups (broad SMARTS) is 1. The van der Waals surface area contributed by atoms with Gasteiger partial charge in [-0.1, -0.05) is 30.5 Å². The van der Waals surface area contributed by atoms with Crippen molar-refractivity contribution in [2.45, 2.75) is 32.6 Å². The number of carbonyl (C=O) groups is 2. The number of benzene rings is 1. The lowest BCUT2D eigenvalue weighted by molar-refractivity contribution is -0.313. The number of anilines is 1. The molecule has 1 aromatic carbocycles. The van der Waals surface area contributed by atoms with Gasteiger partial charge in [-0.3, -0.25) is 4.79 Å². The lowest BCUT2D eigenvalue weighted by atomic mass is 9.78. The van der Waals surface area contributed by atoms with Crippen molar-refractivity contribution in [1.82, 2.24) is 0 Å². The number of amides is 1. The first kappa shape index (κ1) is 14.9. The van der Waals surface area contributed by atoms with E-state index in [4.69, 9.17) is 11.6 Å². The fourth-order valence-electron chi connectivity index (χ4n) is 2.70. The predicted octanol–water partition coefficient (Wildman–Crippen LogP) is 2.14. The number of hydrogen-bond donors (Lipinski definition) is 1. The number of rotatable bonds is 3. The number of halogens is 1. The van der Waals surface area contributed by atoms with Crippen molar-refractivity contribution in [3.05, 3.63) is 28.8 Å². The van der Waals surface area contributed by atoms with E-state index in [1.165, 1.54) is 0 Å². The fraction of sp³-hybridized carbons (Fsp3) is 0.467. The Balaban J connectivity index is 2.14. The summed E-state index contributed by atoms with van der Waals surface area (Å²) in [6.07, 6.45) is 2.80. The van der Waals surface area contributed by atoms with Crippen LogP contribution in [0.15, 0.2) is 18.2 Å². The Labute approximate surface area is 123 Å². The minimum atomic E-state index is -1.13. The van der Waals surface area contributed by atoms with Crippen LogP contribution in [0.3, 0.4) is 0 Å². The van der Waals surface area contributed by atoms with Gasteiger partial charge in [0, 0.05) is 28.5 Å². The largest absolute Gasteiger partial charge is 0.550 e. The van der Waals surface area contributed by atoms with Gasteiger partial charge in [0.25, 0.3) is 0 Å². The lowest BCUT2D eigenvalue weighted by Gasteiger charge is -2.31. The fourth-order valence-corrected chi connectivity index (χ4v) is 2.87. The molecule has 0 saturated heterocycles. The number of carbonyl (C=O) groups excluding carboxylic acids is 2. The van der Waals surface area contributed by atoms with Crippen molar-refractivity contribution in [2.24, 2.45) is 11.8 Å². The lowest BCUT2D eigenvalue weighted by Crippen LogP contribution is -2.42. The molecule has 0 radical (unpaired) electrons. The van der Waals surface area contributed by atoms with E-state index in [1.807, 2.05) is 6.92 Å². The smallest absolute Gasteiger partial charge is 0.228 e. The third-order valence-corrected chi connectivity index (χ3v) is 4.34. The normalized spacial score (nSPS) is 22.3. The molecule has 0 bridgehead atoms. The highest BCUT2D eigenvalue weighted by molar-refractivity contribution is 6.31. The minimum Gasteiger partial charge on any atom is -0.550 e. The van der Waals surface area contributed by atoms with Crippen molar-refractivity contribution in [3.8, 4) is 0 Å². The second kappa shape index (κ2) is 6.27. The average molecular weight is 295 g/mol. The quantitative estimate of drug-likeness (QED) is 0.928. The molecule has 0 spiro atoms. The van der Waals surface area contributed by atoms with Gasteiger partial charge in [0.15, 0.2) is 0 Å². The predicted molar refractivity (Wildman–Crippen MR) is 75.3 cm³/mol. The molecular formula is C15H17ClNO3-. The highest BCUT2D eigenvalue weighted by Gasteiger charge is 2.31. The van der Waals surface area contributed by atoms with E-state index in [-0.39, 0.29) is 5.91 Å². The van der Waals surface area contributed by atoms with Crippen LogP contribution in [0.2, 0.25) is 5.02 Å². The van der Waals surface area contributed by atoms with E-state index in [1.54, 1.807) is 18.2 Å². The molecule has 1 saturated carbocycles. The molecule has 1 fully saturated rings. The Kier molecular flexibility index (Phi) is 4.65. The van der Waals surface area contributed by atoms with Crippen molar-refractivity contribution >= 4 is 29.2 Å². The van der Waals surface area contributed by atoms with Gasteiger partial charge < -0.3 is 15.2 Å². The van der Waals surface area contributed by atoms with Crippen molar-refractivity contribution < 1.29 is 14.7 Å². The summed E-state index contributed by atoms with van der Waals surface area (Å²) in [6.45, 7) is 1.81. The molecule has 2 atom stereocenters. The Morgan fingerprint density at radius 2 is 1.90 bits per heavy atom. The van der Waals surface area contributed by atoms with Gasteiger partial charge in [-0.05, 0) is 37.5 Å². The van der Waals surface area contributed by atoms with E-state index >= 15 is 0 Å². The summed E-state index contributed by atoms with van der Waals surface area (Å²) in [5.41, 5.74) is 1.41. The summed E-state index contributed by atoms with van der Waals surface area (Å²) in [6, 6.07) is 5.26. The molecule has 1 aliphatic carbocycles. The third-order valence-electron chi connectivity index (χ3n) is 3.93. The maximum atomic E-state index is 12.3. The first-order valence-electron chi connectivity index (χ1n) is 6.77. The Morgan fingerprint density at radius 3 is 2.55 bits per heavy atom. The number of nitrogens with one attached hydrogen (secondary N) is 1. The zero-order valence-electron chi connectivity index (χ0n) is 11.3. The first-order valence-corrected chi connectivity index (χ1v) is 7.15. The van der Waals surface area contributed by atoms with Crippen LogP contribution < -0.4 is 10.4 Å².